The Kier molecular flexibility index (Phi) is 37.1. The number of phosphoric acid groups is 1. The molecule has 308 valence electrons. The molecule has 5 unspecified atom stereocenters. The Balaban J connectivity index is -0.000000387. The Bertz CT molecular complexity index is 1190. The molecule has 0 bridgehead atoms. The number of aldehydes is 2. The molecule has 21 heteroatoms. The summed E-state index contributed by atoms with van der Waals surface area (Å²) in [6.45, 7) is 13.3. The minimum absolute atomic E-state index is 0.00889. The van der Waals surface area contributed by atoms with Gasteiger partial charge in [-0.1, -0.05) is 26.8 Å². The highest BCUT2D eigenvalue weighted by Gasteiger charge is 2.32. The van der Waals surface area contributed by atoms with E-state index in [0.717, 1.165) is 57.8 Å². The summed E-state index contributed by atoms with van der Waals surface area (Å²) in [4.78, 5) is 83.9. The number of hydrogen-bond acceptors (Lipinski definition) is 14. The minimum Gasteiger partial charge on any atom is -0.400 e. The van der Waals surface area contributed by atoms with Crippen LogP contribution in [0.4, 0.5) is 0 Å². The molecule has 5 atom stereocenters. The Labute approximate surface area is 312 Å². The molecule has 1 aromatic rings. The number of H-pyrrole nitrogens is 1. The van der Waals surface area contributed by atoms with E-state index in [2.05, 4.69) is 63.1 Å². The van der Waals surface area contributed by atoms with Crippen molar-refractivity contribution in [1.82, 2.24) is 36.1 Å². The van der Waals surface area contributed by atoms with Crippen LogP contribution in [-0.4, -0.2) is 145 Å². The molecule has 0 radical (unpaired) electrons. The number of nitrogens with zero attached hydrogens (tertiary/aromatic N) is 2. The molecular formula is C32H63N8O12P. The van der Waals surface area contributed by atoms with Crippen molar-refractivity contribution in [2.45, 2.75) is 78.1 Å². The number of rotatable bonds is 16. The normalized spacial score (nSPS) is 15.3. The first kappa shape index (κ1) is 55.9. The van der Waals surface area contributed by atoms with Gasteiger partial charge in [-0.3, -0.25) is 28.2 Å². The summed E-state index contributed by atoms with van der Waals surface area (Å²) >= 11 is 0. The van der Waals surface area contributed by atoms with Gasteiger partial charge in [-0.15, -0.1) is 6.58 Å². The van der Waals surface area contributed by atoms with Crippen molar-refractivity contribution in [2.24, 2.45) is 11.7 Å². The summed E-state index contributed by atoms with van der Waals surface area (Å²) in [5, 5.41) is 24.9. The molecule has 0 aliphatic carbocycles. The number of aliphatic hydroxyl groups is 2. The van der Waals surface area contributed by atoms with Gasteiger partial charge >= 0.3 is 7.82 Å². The van der Waals surface area contributed by atoms with Crippen LogP contribution >= 0.6 is 7.82 Å². The largest absolute Gasteiger partial charge is 0.472 e. The zero-order valence-corrected chi connectivity index (χ0v) is 33.3. The van der Waals surface area contributed by atoms with E-state index in [-0.39, 0.29) is 18.6 Å². The van der Waals surface area contributed by atoms with Crippen LogP contribution in [-0.2, 0) is 48.8 Å². The molecule has 20 nitrogen and oxygen atoms in total. The van der Waals surface area contributed by atoms with Crippen molar-refractivity contribution in [3.05, 3.63) is 30.9 Å². The molecule has 2 rings (SSSR count). The van der Waals surface area contributed by atoms with Crippen LogP contribution in [0.1, 0.15) is 53.2 Å². The maximum absolute atomic E-state index is 12.2. The van der Waals surface area contributed by atoms with E-state index in [4.69, 9.17) is 20.5 Å². The first-order valence-electron chi connectivity index (χ1n) is 16.5. The molecule has 1 aliphatic rings. The van der Waals surface area contributed by atoms with Crippen molar-refractivity contribution < 1.29 is 57.5 Å². The predicted molar refractivity (Wildman–Crippen MR) is 199 cm³/mol. The second-order valence-electron chi connectivity index (χ2n) is 11.2. The molecular weight excluding hydrogens is 719 g/mol. The summed E-state index contributed by atoms with van der Waals surface area (Å²) in [6, 6.07) is -2.17. The number of carbonyl (C=O) groups excluding carboxylic acids is 6. The van der Waals surface area contributed by atoms with Gasteiger partial charge < -0.3 is 61.6 Å². The van der Waals surface area contributed by atoms with E-state index in [1.165, 1.54) is 26.3 Å². The van der Waals surface area contributed by atoms with Crippen molar-refractivity contribution in [1.29, 1.82) is 0 Å². The van der Waals surface area contributed by atoms with Gasteiger partial charge in [0.25, 0.3) is 0 Å². The molecule has 1 aromatic heterocycles. The summed E-state index contributed by atoms with van der Waals surface area (Å²) in [5.41, 5.74) is 5.92. The third-order valence-electron chi connectivity index (χ3n) is 5.97. The Morgan fingerprint density at radius 2 is 1.75 bits per heavy atom. The van der Waals surface area contributed by atoms with Gasteiger partial charge in [-0.05, 0) is 39.8 Å². The predicted octanol–water partition coefficient (Wildman–Crippen LogP) is -1.19. The average Bonchev–Trinajstić information content (AvgIpc) is 3.82. The van der Waals surface area contributed by atoms with E-state index >= 15 is 0 Å². The fourth-order valence-electron chi connectivity index (χ4n) is 3.60. The summed E-state index contributed by atoms with van der Waals surface area (Å²) < 4.78 is 20.4. The summed E-state index contributed by atoms with van der Waals surface area (Å²) in [7, 11) is 0.878. The van der Waals surface area contributed by atoms with Crippen LogP contribution in [0.3, 0.4) is 0 Å². The number of aromatic amines is 1. The minimum atomic E-state index is -4.39. The van der Waals surface area contributed by atoms with Crippen LogP contribution in [0.25, 0.3) is 0 Å². The topological polar surface area (TPSA) is 305 Å². The second-order valence-corrected chi connectivity index (χ2v) is 12.7. The van der Waals surface area contributed by atoms with Crippen molar-refractivity contribution in [3.8, 4) is 0 Å². The highest BCUT2D eigenvalue weighted by atomic mass is 31.2. The zero-order valence-electron chi connectivity index (χ0n) is 32.4. The Hall–Kier alpha value is -3.88. The molecule has 10 N–H and O–H groups in total. The molecule has 53 heavy (non-hydrogen) atoms. The lowest BCUT2D eigenvalue weighted by molar-refractivity contribution is -0.132. The maximum Gasteiger partial charge on any atom is 0.472 e. The third kappa shape index (κ3) is 31.4. The van der Waals surface area contributed by atoms with Gasteiger partial charge in [-0.25, -0.2) is 9.55 Å². The lowest BCUT2D eigenvalue weighted by Crippen LogP contribution is -2.54. The van der Waals surface area contributed by atoms with E-state index in [9.17, 15) is 38.2 Å². The Morgan fingerprint density at radius 3 is 2.09 bits per heavy atom. The van der Waals surface area contributed by atoms with Gasteiger partial charge in [0.05, 0.1) is 44.2 Å². The van der Waals surface area contributed by atoms with Crippen LogP contribution in [0, 0.1) is 5.92 Å². The quantitative estimate of drug-likeness (QED) is 0.0541. The van der Waals surface area contributed by atoms with Crippen LogP contribution in [0.2, 0.25) is 0 Å². The number of primary amides is 1. The number of imidazole rings is 1. The Morgan fingerprint density at radius 1 is 1.19 bits per heavy atom. The van der Waals surface area contributed by atoms with Crippen LogP contribution < -0.4 is 27.0 Å². The fraction of sp³-hybridized carbons (Fsp3) is 0.656. The number of likely N-dealkylation sites (tertiary alicyclic amines) is 1. The second kappa shape index (κ2) is 35.2. The number of aromatic nitrogens is 2. The van der Waals surface area contributed by atoms with Gasteiger partial charge in [0.1, 0.15) is 18.6 Å². The molecule has 1 aliphatic heterocycles. The lowest BCUT2D eigenvalue weighted by Gasteiger charge is -2.24. The first-order valence-corrected chi connectivity index (χ1v) is 18.0. The lowest BCUT2D eigenvalue weighted by atomic mass is 10.1. The van der Waals surface area contributed by atoms with Crippen molar-refractivity contribution >= 4 is 44.0 Å². The van der Waals surface area contributed by atoms with Crippen LogP contribution in [0.5, 0.6) is 0 Å². The summed E-state index contributed by atoms with van der Waals surface area (Å²) in [5.74, 6) is -1.34. The first-order chi connectivity index (χ1) is 24.9. The van der Waals surface area contributed by atoms with Gasteiger partial charge in [0.15, 0.2) is 0 Å². The highest BCUT2D eigenvalue weighted by Crippen LogP contribution is 2.43. The monoisotopic (exact) mass is 782 g/mol. The highest BCUT2D eigenvalue weighted by molar-refractivity contribution is 7.47. The number of aliphatic hydroxyl groups excluding tert-OH is 2. The average molecular weight is 783 g/mol. The molecule has 1 fully saturated rings. The SMILES string of the molecule is C=CCO.CC(=O)N1CCCC1C=O.CC(C)C.CNC(Cc1cnc[nH]1)C(=O)NCC(=O)NC(C(N)=O)C(C)OP(=O)(O)OC.CNCC=O.CO. The van der Waals surface area contributed by atoms with E-state index in [1.807, 2.05) is 0 Å². The van der Waals surface area contributed by atoms with E-state index in [0.29, 0.717) is 13.0 Å². The van der Waals surface area contributed by atoms with Gasteiger partial charge in [0, 0.05) is 46.0 Å². The zero-order chi connectivity index (χ0) is 42.0. The van der Waals surface area contributed by atoms with Crippen molar-refractivity contribution in [2.75, 3.05) is 54.6 Å². The molecule has 2 heterocycles. The number of hydrogen-bond donors (Lipinski definition) is 9. The third-order valence-corrected chi connectivity index (χ3v) is 7.03. The summed E-state index contributed by atoms with van der Waals surface area (Å²) in [6.07, 6.45) is 7.03. The smallest absolute Gasteiger partial charge is 0.400 e. The molecule has 0 spiro atoms. The molecule has 0 aromatic carbocycles. The molecule has 0 saturated carbocycles. The number of amides is 4. The molecule has 1 saturated heterocycles. The van der Waals surface area contributed by atoms with Gasteiger partial charge in [0.2, 0.25) is 23.6 Å². The maximum atomic E-state index is 12.2. The molecule has 4 amide bonds. The standard InChI is InChI=1S/C14H25N6O7P.C7H11NO2.C4H10.C3H7NO.C3H6O.CH4O/c1-8(27-28(24,25)26-3)12(13(15)22)20-11(21)6-18-14(23)10(16-2)4-9-5-17-7-19-9;1-6(10)8-4-2-3-7(8)5-9;1-4(2)3;1-4-2-3-5;1-2-3-4;1-2/h5,7-8,10,12,16H,4,6H2,1-3H3,(H2,15,22)(H,17,19)(H,18,23)(H,20,21)(H,24,25);5,7H,2-4H2,1H3;4H,1-3H3;3-4H,2H2,1H3;2,4H,1,3H2;2H,1H3. The van der Waals surface area contributed by atoms with Gasteiger partial charge in [-0.2, -0.15) is 0 Å². The number of nitrogens with two attached hydrogens (primary N) is 1. The number of carbonyl (C=O) groups is 6. The van der Waals surface area contributed by atoms with Crippen LogP contribution in [0.15, 0.2) is 25.2 Å². The number of likely N-dealkylation sites (N-methyl/N-ethyl adjacent to an activating group) is 2. The van der Waals surface area contributed by atoms with Crippen molar-refractivity contribution in [3.63, 3.8) is 0 Å². The van der Waals surface area contributed by atoms with E-state index < -0.39 is 50.3 Å². The number of phosphoric ester groups is 1. The van der Waals surface area contributed by atoms with E-state index in [1.54, 1.807) is 25.2 Å². The number of nitrogens with one attached hydrogen (secondary N) is 5. The fourth-order valence-corrected chi connectivity index (χ4v) is 4.23.